The van der Waals surface area contributed by atoms with Crippen molar-refractivity contribution in [2.24, 2.45) is 0 Å². The van der Waals surface area contributed by atoms with Crippen LogP contribution in [0.5, 0.6) is 0 Å². The summed E-state index contributed by atoms with van der Waals surface area (Å²) in [7, 11) is 2.16. The minimum atomic E-state index is -0.293. The molecule has 3 aromatic heterocycles. The number of hydrogen-bond acceptors (Lipinski definition) is 5. The zero-order chi connectivity index (χ0) is 21.9. The number of likely N-dealkylation sites (tertiary alicyclic amines) is 1. The summed E-state index contributed by atoms with van der Waals surface area (Å²) in [6.45, 7) is 8.39. The molecule has 0 radical (unpaired) electrons. The summed E-state index contributed by atoms with van der Waals surface area (Å²) in [5.74, 6) is 0.00687. The van der Waals surface area contributed by atoms with Crippen LogP contribution in [0.1, 0.15) is 49.6 Å². The normalized spacial score (nSPS) is 22.5. The first-order chi connectivity index (χ1) is 14.8. The number of halogens is 1. The number of piperidine rings is 1. The molecule has 1 fully saturated rings. The van der Waals surface area contributed by atoms with Crippen molar-refractivity contribution in [3.05, 3.63) is 53.2 Å². The third-order valence-electron chi connectivity index (χ3n) is 6.76. The van der Waals surface area contributed by atoms with Crippen LogP contribution >= 0.6 is 0 Å². The highest BCUT2D eigenvalue weighted by Gasteiger charge is 2.30. The maximum absolute atomic E-state index is 15.2. The Morgan fingerprint density at radius 3 is 2.48 bits per heavy atom. The number of hydrogen-bond donors (Lipinski definition) is 0. The van der Waals surface area contributed by atoms with Crippen molar-refractivity contribution in [2.75, 3.05) is 7.05 Å². The molecule has 1 aliphatic heterocycles. The van der Waals surface area contributed by atoms with Crippen molar-refractivity contribution in [2.45, 2.75) is 58.5 Å². The van der Waals surface area contributed by atoms with Gasteiger partial charge in [0.05, 0.1) is 28.8 Å². The molecule has 160 valence electrons. The molecule has 4 aromatic rings. The standard InChI is InChI=1S/C24H27FN6/c1-13-6-22(29-31-12-14(2)26-24(13)31)18-9-20(25)19-11-21(27-28-23(19)10-18)17-7-15(3)30(5)16(4)8-17/h6,9-12,15-17H,7-8H2,1-5H3/t15-,16+,17?. The van der Waals surface area contributed by atoms with Gasteiger partial charge >= 0.3 is 0 Å². The zero-order valence-electron chi connectivity index (χ0n) is 18.6. The van der Waals surface area contributed by atoms with Gasteiger partial charge in [0, 0.05) is 29.0 Å². The van der Waals surface area contributed by atoms with Gasteiger partial charge in [-0.1, -0.05) is 0 Å². The van der Waals surface area contributed by atoms with Crippen molar-refractivity contribution in [1.29, 1.82) is 0 Å². The fourth-order valence-corrected chi connectivity index (χ4v) is 4.78. The van der Waals surface area contributed by atoms with E-state index in [4.69, 9.17) is 0 Å². The van der Waals surface area contributed by atoms with E-state index in [2.05, 4.69) is 46.1 Å². The Hall–Kier alpha value is -2.93. The minimum absolute atomic E-state index is 0.293. The number of aryl methyl sites for hydroxylation is 2. The molecule has 4 heterocycles. The van der Waals surface area contributed by atoms with Gasteiger partial charge in [-0.2, -0.15) is 15.3 Å². The molecular weight excluding hydrogens is 391 g/mol. The molecule has 1 saturated heterocycles. The molecule has 0 aliphatic carbocycles. The lowest BCUT2D eigenvalue weighted by Gasteiger charge is -2.40. The zero-order valence-corrected chi connectivity index (χ0v) is 18.6. The molecule has 31 heavy (non-hydrogen) atoms. The molecule has 5 rings (SSSR count). The summed E-state index contributed by atoms with van der Waals surface area (Å²) in [5, 5.41) is 14.1. The Morgan fingerprint density at radius 2 is 1.74 bits per heavy atom. The first-order valence-corrected chi connectivity index (χ1v) is 10.8. The van der Waals surface area contributed by atoms with Crippen LogP contribution in [0.2, 0.25) is 0 Å². The van der Waals surface area contributed by atoms with E-state index in [-0.39, 0.29) is 5.82 Å². The largest absolute Gasteiger partial charge is 0.301 e. The molecule has 0 N–H and O–H groups in total. The monoisotopic (exact) mass is 418 g/mol. The fourth-order valence-electron chi connectivity index (χ4n) is 4.78. The molecule has 0 spiro atoms. The Balaban J connectivity index is 1.54. The Bertz CT molecular complexity index is 1280. The molecular formula is C24H27FN6. The first kappa shape index (κ1) is 20.0. The molecule has 3 atom stereocenters. The average Bonchev–Trinajstić information content (AvgIpc) is 3.12. The minimum Gasteiger partial charge on any atom is -0.301 e. The summed E-state index contributed by atoms with van der Waals surface area (Å²) in [5.41, 5.74) is 5.51. The first-order valence-electron chi connectivity index (χ1n) is 10.8. The van der Waals surface area contributed by atoms with E-state index in [1.54, 1.807) is 10.6 Å². The van der Waals surface area contributed by atoms with E-state index < -0.39 is 0 Å². The van der Waals surface area contributed by atoms with Crippen molar-refractivity contribution < 1.29 is 4.39 Å². The van der Waals surface area contributed by atoms with Crippen LogP contribution < -0.4 is 0 Å². The topological polar surface area (TPSA) is 59.2 Å². The Labute approximate surface area is 181 Å². The smallest absolute Gasteiger partial charge is 0.156 e. The van der Waals surface area contributed by atoms with Crippen LogP contribution in [0.15, 0.2) is 30.5 Å². The van der Waals surface area contributed by atoms with Gasteiger partial charge in [-0.15, -0.1) is 0 Å². The number of imidazole rings is 1. The Morgan fingerprint density at radius 1 is 1.00 bits per heavy atom. The summed E-state index contributed by atoms with van der Waals surface area (Å²) in [6.07, 6.45) is 3.89. The molecule has 0 amide bonds. The SMILES string of the molecule is Cc1cn2nc(-c3cc(F)c4cc(C5C[C@@H](C)N(C)[C@@H](C)C5)nnc4c3)cc(C)c2n1. The maximum Gasteiger partial charge on any atom is 0.156 e. The number of rotatable bonds is 2. The van der Waals surface area contributed by atoms with Crippen LogP contribution in [0, 0.1) is 19.7 Å². The van der Waals surface area contributed by atoms with Gasteiger partial charge in [0.1, 0.15) is 5.82 Å². The van der Waals surface area contributed by atoms with Gasteiger partial charge in [-0.25, -0.2) is 13.9 Å². The summed E-state index contributed by atoms with van der Waals surface area (Å²) >= 11 is 0. The van der Waals surface area contributed by atoms with Crippen molar-refractivity contribution in [3.8, 4) is 11.3 Å². The molecule has 1 unspecified atom stereocenters. The van der Waals surface area contributed by atoms with Crippen LogP contribution in [0.4, 0.5) is 4.39 Å². The number of benzene rings is 1. The molecule has 1 aromatic carbocycles. The lowest BCUT2D eigenvalue weighted by molar-refractivity contribution is 0.121. The Kier molecular flexibility index (Phi) is 4.73. The highest BCUT2D eigenvalue weighted by Crippen LogP contribution is 2.35. The van der Waals surface area contributed by atoms with E-state index in [0.29, 0.717) is 40.2 Å². The third-order valence-corrected chi connectivity index (χ3v) is 6.76. The maximum atomic E-state index is 15.2. The third kappa shape index (κ3) is 3.47. The molecule has 0 saturated carbocycles. The summed E-state index contributed by atoms with van der Waals surface area (Å²) in [6, 6.07) is 8.17. The van der Waals surface area contributed by atoms with Crippen LogP contribution in [0.25, 0.3) is 27.8 Å². The summed E-state index contributed by atoms with van der Waals surface area (Å²) in [4.78, 5) is 6.88. The van der Waals surface area contributed by atoms with E-state index in [9.17, 15) is 0 Å². The van der Waals surface area contributed by atoms with E-state index in [1.807, 2.05) is 38.2 Å². The fraction of sp³-hybridized carbons (Fsp3) is 0.417. The highest BCUT2D eigenvalue weighted by atomic mass is 19.1. The molecule has 7 heteroatoms. The molecule has 0 bridgehead atoms. The van der Waals surface area contributed by atoms with E-state index in [1.165, 1.54) is 0 Å². The van der Waals surface area contributed by atoms with Gasteiger partial charge < -0.3 is 4.90 Å². The molecule has 6 nitrogen and oxygen atoms in total. The second-order valence-electron chi connectivity index (χ2n) is 9.05. The highest BCUT2D eigenvalue weighted by molar-refractivity contribution is 5.84. The van der Waals surface area contributed by atoms with Gasteiger partial charge in [-0.05, 0) is 77.4 Å². The number of nitrogens with zero attached hydrogens (tertiary/aromatic N) is 6. The van der Waals surface area contributed by atoms with E-state index in [0.717, 1.165) is 35.4 Å². The lowest BCUT2D eigenvalue weighted by atomic mass is 9.85. The number of fused-ring (bicyclic) bond motifs is 2. The van der Waals surface area contributed by atoms with E-state index >= 15 is 4.39 Å². The van der Waals surface area contributed by atoms with Crippen LogP contribution in [-0.2, 0) is 0 Å². The van der Waals surface area contributed by atoms with Crippen molar-refractivity contribution in [3.63, 3.8) is 0 Å². The van der Waals surface area contributed by atoms with Crippen LogP contribution in [-0.4, -0.2) is 48.8 Å². The summed E-state index contributed by atoms with van der Waals surface area (Å²) < 4.78 is 16.9. The second kappa shape index (κ2) is 7.34. The molecule has 1 aliphatic rings. The van der Waals surface area contributed by atoms with Gasteiger partial charge in [-0.3, -0.25) is 0 Å². The average molecular weight is 419 g/mol. The second-order valence-corrected chi connectivity index (χ2v) is 9.05. The van der Waals surface area contributed by atoms with Gasteiger partial charge in [0.2, 0.25) is 0 Å². The van der Waals surface area contributed by atoms with Crippen LogP contribution in [0.3, 0.4) is 0 Å². The lowest BCUT2D eigenvalue weighted by Crippen LogP contribution is -2.43. The predicted octanol–water partition coefficient (Wildman–Crippen LogP) is 4.68. The number of aromatic nitrogens is 5. The van der Waals surface area contributed by atoms with Gasteiger partial charge in [0.25, 0.3) is 0 Å². The quantitative estimate of drug-likeness (QED) is 0.473. The van der Waals surface area contributed by atoms with Gasteiger partial charge in [0.15, 0.2) is 5.65 Å². The van der Waals surface area contributed by atoms with Crippen molar-refractivity contribution in [1.82, 2.24) is 29.7 Å². The predicted molar refractivity (Wildman–Crippen MR) is 120 cm³/mol. The van der Waals surface area contributed by atoms with Crippen molar-refractivity contribution >= 4 is 16.6 Å².